The normalized spacial score (nSPS) is 22.4. The van der Waals surface area contributed by atoms with Gasteiger partial charge in [-0.25, -0.2) is 4.99 Å². The number of aliphatic hydroxyl groups is 1. The van der Waals surface area contributed by atoms with E-state index in [2.05, 4.69) is 33.8 Å². The Bertz CT molecular complexity index is 645. The standard InChI is InChI=1S/C20H30N4O2.HI/c1-2-21-20(23-17-7-9-18(25)10-8-17)22-13-19(26)24-12-11-15-5-3-4-6-16(15)14-24;/h3-6,17-18,25H,2,7-14H2,1H3,(H2,21,22,23);1H. The summed E-state index contributed by atoms with van der Waals surface area (Å²) in [5, 5.41) is 16.3. The molecule has 0 bridgehead atoms. The van der Waals surface area contributed by atoms with Crippen LogP contribution in [-0.4, -0.2) is 53.7 Å². The second-order valence-electron chi connectivity index (χ2n) is 7.18. The monoisotopic (exact) mass is 486 g/mol. The Balaban J connectivity index is 0.00000261. The van der Waals surface area contributed by atoms with E-state index in [1.807, 2.05) is 17.9 Å². The molecule has 1 aromatic carbocycles. The van der Waals surface area contributed by atoms with E-state index in [0.717, 1.165) is 45.2 Å². The Morgan fingerprint density at radius 2 is 1.93 bits per heavy atom. The molecule has 0 atom stereocenters. The van der Waals surface area contributed by atoms with Crippen LogP contribution in [0, 0.1) is 0 Å². The number of carbonyl (C=O) groups is 1. The molecular weight excluding hydrogens is 455 g/mol. The summed E-state index contributed by atoms with van der Waals surface area (Å²) in [4.78, 5) is 19.0. The number of amides is 1. The minimum absolute atomic E-state index is 0. The minimum atomic E-state index is -0.170. The number of aliphatic imine (C=N–C) groups is 1. The number of carbonyl (C=O) groups excluding carboxylic acids is 1. The molecule has 1 saturated carbocycles. The number of benzene rings is 1. The fraction of sp³-hybridized carbons (Fsp3) is 0.600. The van der Waals surface area contributed by atoms with Gasteiger partial charge in [-0.1, -0.05) is 24.3 Å². The number of hydrogen-bond acceptors (Lipinski definition) is 3. The van der Waals surface area contributed by atoms with Gasteiger partial charge >= 0.3 is 0 Å². The Labute approximate surface area is 178 Å². The molecule has 0 saturated heterocycles. The second-order valence-corrected chi connectivity index (χ2v) is 7.18. The summed E-state index contributed by atoms with van der Waals surface area (Å²) in [6.07, 6.45) is 4.25. The first-order chi connectivity index (χ1) is 12.7. The number of fused-ring (bicyclic) bond motifs is 1. The number of aliphatic hydroxyl groups excluding tert-OH is 1. The Hall–Kier alpha value is -1.35. The predicted octanol–water partition coefficient (Wildman–Crippen LogP) is 2.05. The van der Waals surface area contributed by atoms with Gasteiger partial charge < -0.3 is 20.6 Å². The third-order valence-electron chi connectivity index (χ3n) is 5.24. The highest BCUT2D eigenvalue weighted by Crippen LogP contribution is 2.19. The van der Waals surface area contributed by atoms with E-state index in [4.69, 9.17) is 0 Å². The van der Waals surface area contributed by atoms with Crippen LogP contribution in [0.3, 0.4) is 0 Å². The average Bonchev–Trinajstić information content (AvgIpc) is 2.67. The molecule has 1 aliphatic heterocycles. The highest BCUT2D eigenvalue weighted by atomic mass is 127. The third-order valence-corrected chi connectivity index (χ3v) is 5.24. The fourth-order valence-corrected chi connectivity index (χ4v) is 3.69. The van der Waals surface area contributed by atoms with Crippen molar-refractivity contribution in [3.05, 3.63) is 35.4 Å². The lowest BCUT2D eigenvalue weighted by Crippen LogP contribution is -2.46. The Morgan fingerprint density at radius 3 is 2.63 bits per heavy atom. The van der Waals surface area contributed by atoms with Gasteiger partial charge in [0.15, 0.2) is 5.96 Å². The van der Waals surface area contributed by atoms with Gasteiger partial charge in [0.1, 0.15) is 6.54 Å². The molecule has 1 aromatic rings. The predicted molar refractivity (Wildman–Crippen MR) is 118 cm³/mol. The lowest BCUT2D eigenvalue weighted by molar-refractivity contribution is -0.130. The van der Waals surface area contributed by atoms with Crippen LogP contribution in [0.25, 0.3) is 0 Å². The van der Waals surface area contributed by atoms with E-state index in [0.29, 0.717) is 18.5 Å². The fourth-order valence-electron chi connectivity index (χ4n) is 3.69. The first kappa shape index (κ1) is 21.9. The van der Waals surface area contributed by atoms with Crippen molar-refractivity contribution >= 4 is 35.8 Å². The topological polar surface area (TPSA) is 77.0 Å². The van der Waals surface area contributed by atoms with Crippen LogP contribution in [0.1, 0.15) is 43.7 Å². The maximum atomic E-state index is 12.6. The first-order valence-corrected chi connectivity index (χ1v) is 9.73. The van der Waals surface area contributed by atoms with Gasteiger partial charge in [-0.05, 0) is 50.2 Å². The molecule has 7 heteroatoms. The van der Waals surface area contributed by atoms with Crippen molar-refractivity contribution in [2.75, 3.05) is 19.6 Å². The average molecular weight is 486 g/mol. The number of hydrogen-bond donors (Lipinski definition) is 3. The van der Waals surface area contributed by atoms with Gasteiger partial charge in [0.25, 0.3) is 0 Å². The molecule has 2 aliphatic rings. The van der Waals surface area contributed by atoms with Crippen molar-refractivity contribution in [1.82, 2.24) is 15.5 Å². The molecule has 150 valence electrons. The molecular formula is C20H31IN4O2. The van der Waals surface area contributed by atoms with Crippen LogP contribution in [0.15, 0.2) is 29.3 Å². The second kappa shape index (κ2) is 10.8. The number of halogens is 1. The smallest absolute Gasteiger partial charge is 0.244 e. The zero-order valence-electron chi connectivity index (χ0n) is 16.0. The van der Waals surface area contributed by atoms with E-state index >= 15 is 0 Å². The quantitative estimate of drug-likeness (QED) is 0.346. The molecule has 0 spiro atoms. The molecule has 0 unspecified atom stereocenters. The SMILES string of the molecule is CCNC(=NCC(=O)N1CCc2ccccc2C1)NC1CCC(O)CC1.I. The van der Waals surface area contributed by atoms with E-state index < -0.39 is 0 Å². The number of rotatable bonds is 4. The van der Waals surface area contributed by atoms with Crippen LogP contribution in [0.5, 0.6) is 0 Å². The van der Waals surface area contributed by atoms with Crippen molar-refractivity contribution in [3.63, 3.8) is 0 Å². The largest absolute Gasteiger partial charge is 0.393 e. The zero-order chi connectivity index (χ0) is 18.4. The van der Waals surface area contributed by atoms with Crippen molar-refractivity contribution in [1.29, 1.82) is 0 Å². The molecule has 1 heterocycles. The number of nitrogens with zero attached hydrogens (tertiary/aromatic N) is 2. The van der Waals surface area contributed by atoms with Gasteiger partial charge in [0.2, 0.25) is 5.91 Å². The number of guanidine groups is 1. The summed E-state index contributed by atoms with van der Waals surface area (Å²) < 4.78 is 0. The Morgan fingerprint density at radius 1 is 1.22 bits per heavy atom. The maximum Gasteiger partial charge on any atom is 0.244 e. The van der Waals surface area contributed by atoms with Crippen molar-refractivity contribution in [3.8, 4) is 0 Å². The molecule has 0 aromatic heterocycles. The van der Waals surface area contributed by atoms with Crippen molar-refractivity contribution < 1.29 is 9.90 Å². The molecule has 3 rings (SSSR count). The van der Waals surface area contributed by atoms with Crippen molar-refractivity contribution in [2.45, 2.75) is 57.7 Å². The summed E-state index contributed by atoms with van der Waals surface area (Å²) in [5.74, 6) is 0.760. The summed E-state index contributed by atoms with van der Waals surface area (Å²) in [6.45, 7) is 4.37. The summed E-state index contributed by atoms with van der Waals surface area (Å²) in [6, 6.07) is 8.64. The maximum absolute atomic E-state index is 12.6. The summed E-state index contributed by atoms with van der Waals surface area (Å²) >= 11 is 0. The van der Waals surface area contributed by atoms with Crippen LogP contribution >= 0.6 is 24.0 Å². The lowest BCUT2D eigenvalue weighted by atomic mass is 9.93. The van der Waals surface area contributed by atoms with Crippen molar-refractivity contribution in [2.24, 2.45) is 4.99 Å². The van der Waals surface area contributed by atoms with Crippen LogP contribution in [-0.2, 0) is 17.8 Å². The highest BCUT2D eigenvalue weighted by molar-refractivity contribution is 14.0. The van der Waals surface area contributed by atoms with Crippen LogP contribution in [0.4, 0.5) is 0 Å². The lowest BCUT2D eigenvalue weighted by Gasteiger charge is -2.29. The van der Waals surface area contributed by atoms with E-state index in [1.165, 1.54) is 11.1 Å². The van der Waals surface area contributed by atoms with E-state index in [9.17, 15) is 9.90 Å². The molecule has 0 radical (unpaired) electrons. The Kier molecular flexibility index (Phi) is 8.82. The van der Waals surface area contributed by atoms with Gasteiger partial charge in [-0.15, -0.1) is 24.0 Å². The summed E-state index contributed by atoms with van der Waals surface area (Å²) in [7, 11) is 0. The van der Waals surface area contributed by atoms with Gasteiger partial charge in [-0.2, -0.15) is 0 Å². The molecule has 1 fully saturated rings. The van der Waals surface area contributed by atoms with Gasteiger partial charge in [0, 0.05) is 25.7 Å². The molecule has 1 aliphatic carbocycles. The molecule has 3 N–H and O–H groups in total. The number of nitrogens with one attached hydrogen (secondary N) is 2. The third kappa shape index (κ3) is 6.34. The van der Waals surface area contributed by atoms with Gasteiger partial charge in [0.05, 0.1) is 6.10 Å². The summed E-state index contributed by atoms with van der Waals surface area (Å²) in [5.41, 5.74) is 2.58. The van der Waals surface area contributed by atoms with E-state index in [1.54, 1.807) is 0 Å². The first-order valence-electron chi connectivity index (χ1n) is 9.73. The van der Waals surface area contributed by atoms with Crippen LogP contribution in [0.2, 0.25) is 0 Å². The molecule has 6 nitrogen and oxygen atoms in total. The highest BCUT2D eigenvalue weighted by Gasteiger charge is 2.22. The molecule has 27 heavy (non-hydrogen) atoms. The minimum Gasteiger partial charge on any atom is -0.393 e. The van der Waals surface area contributed by atoms with Gasteiger partial charge in [-0.3, -0.25) is 4.79 Å². The van der Waals surface area contributed by atoms with Crippen LogP contribution < -0.4 is 10.6 Å². The van der Waals surface area contributed by atoms with E-state index in [-0.39, 0.29) is 42.5 Å². The zero-order valence-corrected chi connectivity index (χ0v) is 18.3. The molecule has 1 amide bonds.